The fourth-order valence-corrected chi connectivity index (χ4v) is 6.04. The summed E-state index contributed by atoms with van der Waals surface area (Å²) < 4.78 is 22.0. The van der Waals surface area contributed by atoms with E-state index in [9.17, 15) is 0 Å². The van der Waals surface area contributed by atoms with E-state index in [1.54, 1.807) is 14.2 Å². The van der Waals surface area contributed by atoms with Crippen molar-refractivity contribution < 1.29 is 17.7 Å². The zero-order chi connectivity index (χ0) is 11.7. The molecule has 0 amide bonds. The van der Waals surface area contributed by atoms with Crippen LogP contribution in [0, 0.1) is 0 Å². The zero-order valence-corrected chi connectivity index (χ0v) is 12.7. The van der Waals surface area contributed by atoms with Crippen LogP contribution in [0.3, 0.4) is 0 Å². The van der Waals surface area contributed by atoms with Gasteiger partial charge in [0.25, 0.3) is 0 Å². The van der Waals surface area contributed by atoms with Crippen LogP contribution in [0.2, 0.25) is 18.6 Å². The van der Waals surface area contributed by atoms with Crippen LogP contribution in [0.15, 0.2) is 0 Å². The summed E-state index contributed by atoms with van der Waals surface area (Å²) >= 11 is 0. The predicted octanol–water partition coefficient (Wildman–Crippen LogP) is 1.64. The molecule has 0 aromatic rings. The molecule has 0 atom stereocenters. The van der Waals surface area contributed by atoms with Crippen LogP contribution in [-0.4, -0.2) is 45.3 Å². The van der Waals surface area contributed by atoms with Crippen molar-refractivity contribution in [2.24, 2.45) is 0 Å². The summed E-state index contributed by atoms with van der Waals surface area (Å²) in [5, 5.41) is 0. The van der Waals surface area contributed by atoms with Crippen LogP contribution in [0.5, 0.6) is 0 Å². The average molecular weight is 252 g/mol. The van der Waals surface area contributed by atoms with Crippen molar-refractivity contribution in [2.45, 2.75) is 32.5 Å². The number of hydrogen-bond donors (Lipinski definition) is 0. The maximum atomic E-state index is 5.59. The van der Waals surface area contributed by atoms with Crippen molar-refractivity contribution >= 4 is 17.8 Å². The molecule has 0 radical (unpaired) electrons. The first-order valence-corrected chi connectivity index (χ1v) is 9.73. The third-order valence-corrected chi connectivity index (χ3v) is 8.07. The smallest absolute Gasteiger partial charge is 0.334 e. The standard InChI is InChI=1S/C9H24O4Si2/c1-6-12-14(13-7-2)8-9-15(5,10-3)11-4/h14H,6-9H2,1-5H3. The van der Waals surface area contributed by atoms with E-state index in [-0.39, 0.29) is 0 Å². The Hall–Kier alpha value is 0.274. The molecular weight excluding hydrogens is 228 g/mol. The Morgan fingerprint density at radius 1 is 1.00 bits per heavy atom. The van der Waals surface area contributed by atoms with E-state index < -0.39 is 17.8 Å². The van der Waals surface area contributed by atoms with E-state index in [0.29, 0.717) is 0 Å². The summed E-state index contributed by atoms with van der Waals surface area (Å²) in [4.78, 5) is 0. The van der Waals surface area contributed by atoms with Gasteiger partial charge in [-0.1, -0.05) is 0 Å². The topological polar surface area (TPSA) is 36.9 Å². The van der Waals surface area contributed by atoms with Crippen molar-refractivity contribution in [2.75, 3.05) is 27.4 Å². The first-order chi connectivity index (χ1) is 7.11. The lowest BCUT2D eigenvalue weighted by molar-refractivity contribution is 0.210. The Balaban J connectivity index is 3.95. The van der Waals surface area contributed by atoms with Crippen molar-refractivity contribution in [3.63, 3.8) is 0 Å². The quantitative estimate of drug-likeness (QED) is 0.585. The Bertz CT molecular complexity index is 147. The third-order valence-electron chi connectivity index (χ3n) is 2.40. The van der Waals surface area contributed by atoms with Crippen molar-refractivity contribution in [3.8, 4) is 0 Å². The van der Waals surface area contributed by atoms with Gasteiger partial charge in [-0.15, -0.1) is 0 Å². The van der Waals surface area contributed by atoms with Gasteiger partial charge < -0.3 is 17.7 Å². The minimum absolute atomic E-state index is 0.731. The second kappa shape index (κ2) is 8.43. The zero-order valence-electron chi connectivity index (χ0n) is 10.5. The van der Waals surface area contributed by atoms with Crippen LogP contribution >= 0.6 is 0 Å². The average Bonchev–Trinajstić information content (AvgIpc) is 2.26. The van der Waals surface area contributed by atoms with Gasteiger partial charge in [0.15, 0.2) is 0 Å². The second-order valence-corrected chi connectivity index (χ2v) is 9.11. The number of hydrogen-bond acceptors (Lipinski definition) is 4. The maximum Gasteiger partial charge on any atom is 0.334 e. The van der Waals surface area contributed by atoms with Gasteiger partial charge in [0, 0.05) is 27.4 Å². The van der Waals surface area contributed by atoms with Gasteiger partial charge in [-0.05, 0) is 32.5 Å². The van der Waals surface area contributed by atoms with Gasteiger partial charge in [0.2, 0.25) is 0 Å². The molecule has 0 aromatic heterocycles. The molecule has 0 fully saturated rings. The summed E-state index contributed by atoms with van der Waals surface area (Å²) in [6.07, 6.45) is 0. The molecule has 0 aliphatic carbocycles. The fraction of sp³-hybridized carbons (Fsp3) is 1.00. The summed E-state index contributed by atoms with van der Waals surface area (Å²) in [6.45, 7) is 7.53. The maximum absolute atomic E-state index is 5.59. The van der Waals surface area contributed by atoms with Gasteiger partial charge >= 0.3 is 17.8 Å². The molecule has 15 heavy (non-hydrogen) atoms. The predicted molar refractivity (Wildman–Crippen MR) is 65.7 cm³/mol. The van der Waals surface area contributed by atoms with E-state index in [1.807, 2.05) is 13.8 Å². The molecule has 0 aliphatic rings. The van der Waals surface area contributed by atoms with E-state index >= 15 is 0 Å². The normalized spacial score (nSPS) is 12.4. The van der Waals surface area contributed by atoms with Crippen molar-refractivity contribution in [3.05, 3.63) is 0 Å². The van der Waals surface area contributed by atoms with E-state index in [2.05, 4.69) is 6.55 Å². The molecule has 4 nitrogen and oxygen atoms in total. The van der Waals surface area contributed by atoms with Crippen LogP contribution in [0.25, 0.3) is 0 Å². The largest absolute Gasteiger partial charge is 0.398 e. The molecule has 0 saturated carbocycles. The lowest BCUT2D eigenvalue weighted by Crippen LogP contribution is -2.38. The lowest BCUT2D eigenvalue weighted by atomic mass is 10.9. The van der Waals surface area contributed by atoms with Gasteiger partial charge in [-0.3, -0.25) is 0 Å². The second-order valence-electron chi connectivity index (χ2n) is 3.42. The fourth-order valence-electron chi connectivity index (χ4n) is 1.25. The molecule has 0 saturated heterocycles. The first-order valence-electron chi connectivity index (χ1n) is 5.45. The molecule has 0 N–H and O–H groups in total. The minimum Gasteiger partial charge on any atom is -0.398 e. The monoisotopic (exact) mass is 252 g/mol. The molecule has 0 bridgehead atoms. The molecule has 0 unspecified atom stereocenters. The Morgan fingerprint density at radius 2 is 1.47 bits per heavy atom. The summed E-state index contributed by atoms with van der Waals surface area (Å²) in [6, 6.07) is 1.91. The minimum atomic E-state index is -1.94. The number of rotatable bonds is 9. The molecular formula is C9H24O4Si2. The Morgan fingerprint density at radius 3 is 1.80 bits per heavy atom. The van der Waals surface area contributed by atoms with Crippen LogP contribution in [0.4, 0.5) is 0 Å². The highest BCUT2D eigenvalue weighted by Crippen LogP contribution is 2.16. The molecule has 0 spiro atoms. The third kappa shape index (κ3) is 6.44. The van der Waals surface area contributed by atoms with Gasteiger partial charge in [-0.25, -0.2) is 0 Å². The van der Waals surface area contributed by atoms with Gasteiger partial charge in [-0.2, -0.15) is 0 Å². The highest BCUT2D eigenvalue weighted by atomic mass is 28.4. The lowest BCUT2D eigenvalue weighted by Gasteiger charge is -2.24. The molecule has 92 valence electrons. The first kappa shape index (κ1) is 15.3. The van der Waals surface area contributed by atoms with Crippen molar-refractivity contribution in [1.82, 2.24) is 0 Å². The van der Waals surface area contributed by atoms with E-state index in [0.717, 1.165) is 25.3 Å². The molecule has 6 heteroatoms. The van der Waals surface area contributed by atoms with Crippen molar-refractivity contribution in [1.29, 1.82) is 0 Å². The summed E-state index contributed by atoms with van der Waals surface area (Å²) in [5.41, 5.74) is 0. The summed E-state index contributed by atoms with van der Waals surface area (Å²) in [7, 11) is 0.00162. The Labute approximate surface area is 96.0 Å². The van der Waals surface area contributed by atoms with E-state index in [4.69, 9.17) is 17.7 Å². The van der Waals surface area contributed by atoms with Crippen LogP contribution < -0.4 is 0 Å². The highest BCUT2D eigenvalue weighted by Gasteiger charge is 2.30. The molecule has 0 aromatic carbocycles. The SMILES string of the molecule is CCO[SiH](CC[Si](C)(OC)OC)OCC. The van der Waals surface area contributed by atoms with Gasteiger partial charge in [0.05, 0.1) is 0 Å². The Kier molecular flexibility index (Phi) is 8.58. The van der Waals surface area contributed by atoms with Crippen LogP contribution in [-0.2, 0) is 17.7 Å². The van der Waals surface area contributed by atoms with Crippen LogP contribution in [0.1, 0.15) is 13.8 Å². The molecule has 0 aliphatic heterocycles. The van der Waals surface area contributed by atoms with E-state index in [1.165, 1.54) is 0 Å². The summed E-state index contributed by atoms with van der Waals surface area (Å²) in [5.74, 6) is 0. The highest BCUT2D eigenvalue weighted by molar-refractivity contribution is 6.67. The molecule has 0 heterocycles. The molecule has 0 rings (SSSR count). The van der Waals surface area contributed by atoms with Gasteiger partial charge in [0.1, 0.15) is 0 Å².